The Morgan fingerprint density at radius 2 is 2.25 bits per heavy atom. The van der Waals surface area contributed by atoms with E-state index in [1.807, 2.05) is 13.8 Å². The predicted molar refractivity (Wildman–Crippen MR) is 59.1 cm³/mol. The minimum Gasteiger partial charge on any atom is -0.299 e. The van der Waals surface area contributed by atoms with Crippen LogP contribution in [-0.2, 0) is 11.2 Å². The number of aromatic nitrogens is 1. The van der Waals surface area contributed by atoms with Gasteiger partial charge in [-0.05, 0) is 12.0 Å². The first-order valence-corrected chi connectivity index (χ1v) is 5.09. The summed E-state index contributed by atoms with van der Waals surface area (Å²) in [6.07, 6.45) is 3.19. The summed E-state index contributed by atoms with van der Waals surface area (Å²) in [4.78, 5) is 25.4. The van der Waals surface area contributed by atoms with Crippen molar-refractivity contribution in [2.45, 2.75) is 26.7 Å². The second-order valence-electron chi connectivity index (χ2n) is 4.07. The van der Waals surface area contributed by atoms with Gasteiger partial charge in [-0.25, -0.2) is 0 Å². The average Bonchev–Trinajstić information content (AvgIpc) is 2.16. The molecule has 16 heavy (non-hydrogen) atoms. The Morgan fingerprint density at radius 1 is 1.56 bits per heavy atom. The van der Waals surface area contributed by atoms with Crippen molar-refractivity contribution >= 4 is 11.5 Å². The number of pyridine rings is 1. The van der Waals surface area contributed by atoms with Gasteiger partial charge in [0.1, 0.15) is 12.0 Å². The average molecular weight is 222 g/mol. The standard InChI is InChI=1S/C11H14N2O3/c1-8(2)5-10(14)6-9-3-4-12-7-11(9)13(15)16/h3-4,7-8H,5-6H2,1-2H3. The molecule has 5 heteroatoms. The number of nitrogens with zero attached hydrogens (tertiary/aromatic N) is 2. The highest BCUT2D eigenvalue weighted by molar-refractivity contribution is 5.81. The third-order valence-corrected chi connectivity index (χ3v) is 2.11. The molecule has 1 aromatic heterocycles. The Labute approximate surface area is 93.7 Å². The van der Waals surface area contributed by atoms with Crippen molar-refractivity contribution in [3.8, 4) is 0 Å². The number of Topliss-reactive ketones (excluding diaryl/α,β-unsaturated/α-hetero) is 1. The molecule has 0 aliphatic rings. The van der Waals surface area contributed by atoms with Crippen LogP contribution in [0.3, 0.4) is 0 Å². The second-order valence-corrected chi connectivity index (χ2v) is 4.07. The Balaban J connectivity index is 2.81. The van der Waals surface area contributed by atoms with Crippen molar-refractivity contribution in [3.05, 3.63) is 34.1 Å². The molecule has 0 saturated heterocycles. The van der Waals surface area contributed by atoms with Crippen molar-refractivity contribution in [1.82, 2.24) is 4.98 Å². The van der Waals surface area contributed by atoms with Crippen LogP contribution in [0, 0.1) is 16.0 Å². The van der Waals surface area contributed by atoms with E-state index in [-0.39, 0.29) is 23.8 Å². The number of rotatable bonds is 5. The van der Waals surface area contributed by atoms with Crippen LogP contribution in [0.15, 0.2) is 18.5 Å². The first kappa shape index (κ1) is 12.3. The normalized spacial score (nSPS) is 10.4. The zero-order valence-corrected chi connectivity index (χ0v) is 9.34. The summed E-state index contributed by atoms with van der Waals surface area (Å²) in [5, 5.41) is 10.7. The lowest BCUT2D eigenvalue weighted by atomic mass is 10.0. The monoisotopic (exact) mass is 222 g/mol. The smallest absolute Gasteiger partial charge is 0.291 e. The maximum atomic E-state index is 11.6. The summed E-state index contributed by atoms with van der Waals surface area (Å²) in [5.41, 5.74) is 0.352. The van der Waals surface area contributed by atoms with Gasteiger partial charge in [-0.15, -0.1) is 0 Å². The quantitative estimate of drug-likeness (QED) is 0.565. The lowest BCUT2D eigenvalue weighted by molar-refractivity contribution is -0.385. The van der Waals surface area contributed by atoms with Crippen molar-refractivity contribution < 1.29 is 9.72 Å². The summed E-state index contributed by atoms with van der Waals surface area (Å²) < 4.78 is 0. The van der Waals surface area contributed by atoms with Crippen molar-refractivity contribution in [1.29, 1.82) is 0 Å². The molecule has 0 N–H and O–H groups in total. The van der Waals surface area contributed by atoms with E-state index in [0.29, 0.717) is 12.0 Å². The van der Waals surface area contributed by atoms with Crippen LogP contribution < -0.4 is 0 Å². The fraction of sp³-hybridized carbons (Fsp3) is 0.455. The third-order valence-electron chi connectivity index (χ3n) is 2.11. The molecular weight excluding hydrogens is 208 g/mol. The molecule has 0 aromatic carbocycles. The lowest BCUT2D eigenvalue weighted by Crippen LogP contribution is -2.08. The number of ketones is 1. The molecule has 1 heterocycles. The van der Waals surface area contributed by atoms with E-state index >= 15 is 0 Å². The third kappa shape index (κ3) is 3.42. The predicted octanol–water partition coefficient (Wildman–Crippen LogP) is 2.15. The maximum Gasteiger partial charge on any atom is 0.291 e. The zero-order chi connectivity index (χ0) is 12.1. The summed E-state index contributed by atoms with van der Waals surface area (Å²) in [6.45, 7) is 3.89. The molecule has 0 bridgehead atoms. The van der Waals surface area contributed by atoms with Crippen LogP contribution in [0.4, 0.5) is 5.69 Å². The topological polar surface area (TPSA) is 73.1 Å². The highest BCUT2D eigenvalue weighted by atomic mass is 16.6. The SMILES string of the molecule is CC(C)CC(=O)Cc1ccncc1[N+](=O)[O-]. The number of carbonyl (C=O) groups excluding carboxylic acids is 1. The van der Waals surface area contributed by atoms with E-state index in [9.17, 15) is 14.9 Å². The molecule has 1 rings (SSSR count). The van der Waals surface area contributed by atoms with Crippen LogP contribution in [0.2, 0.25) is 0 Å². The van der Waals surface area contributed by atoms with Crippen LogP contribution in [0.25, 0.3) is 0 Å². The molecule has 0 amide bonds. The van der Waals surface area contributed by atoms with Crippen LogP contribution in [0.5, 0.6) is 0 Å². The number of nitro groups is 1. The van der Waals surface area contributed by atoms with Crippen molar-refractivity contribution in [2.75, 3.05) is 0 Å². The second kappa shape index (κ2) is 5.34. The number of hydrogen-bond acceptors (Lipinski definition) is 4. The molecule has 0 unspecified atom stereocenters. The van der Waals surface area contributed by atoms with Gasteiger partial charge >= 0.3 is 0 Å². The van der Waals surface area contributed by atoms with Crippen molar-refractivity contribution in [2.24, 2.45) is 5.92 Å². The largest absolute Gasteiger partial charge is 0.299 e. The lowest BCUT2D eigenvalue weighted by Gasteiger charge is -2.04. The van der Waals surface area contributed by atoms with Crippen molar-refractivity contribution in [3.63, 3.8) is 0 Å². The molecule has 1 aromatic rings. The molecule has 0 atom stereocenters. The Bertz CT molecular complexity index is 402. The Kier molecular flexibility index (Phi) is 4.10. The summed E-state index contributed by atoms with van der Waals surface area (Å²) >= 11 is 0. The summed E-state index contributed by atoms with van der Waals surface area (Å²) in [7, 11) is 0. The summed E-state index contributed by atoms with van der Waals surface area (Å²) in [6, 6.07) is 1.52. The maximum absolute atomic E-state index is 11.6. The van der Waals surface area contributed by atoms with Gasteiger partial charge in [-0.2, -0.15) is 0 Å². The fourth-order valence-corrected chi connectivity index (χ4v) is 1.47. The molecule has 86 valence electrons. The molecular formula is C11H14N2O3. The first-order chi connectivity index (χ1) is 7.50. The van der Waals surface area contributed by atoms with E-state index in [0.717, 1.165) is 0 Å². The minimum absolute atomic E-state index is 0.0179. The van der Waals surface area contributed by atoms with Gasteiger partial charge in [0.2, 0.25) is 0 Å². The molecule has 0 aliphatic carbocycles. The first-order valence-electron chi connectivity index (χ1n) is 5.09. The van der Waals surface area contributed by atoms with E-state index in [1.54, 1.807) is 0 Å². The Hall–Kier alpha value is -1.78. The van der Waals surface area contributed by atoms with Crippen LogP contribution in [-0.4, -0.2) is 15.7 Å². The molecule has 0 radical (unpaired) electrons. The van der Waals surface area contributed by atoms with Gasteiger partial charge in [0.25, 0.3) is 5.69 Å². The van der Waals surface area contributed by atoms with Crippen LogP contribution >= 0.6 is 0 Å². The molecule has 5 nitrogen and oxygen atoms in total. The van der Waals surface area contributed by atoms with Gasteiger partial charge in [0.05, 0.1) is 4.92 Å². The van der Waals surface area contributed by atoms with E-state index in [4.69, 9.17) is 0 Å². The van der Waals surface area contributed by atoms with Gasteiger partial charge in [0, 0.05) is 24.6 Å². The fourth-order valence-electron chi connectivity index (χ4n) is 1.47. The minimum atomic E-state index is -0.509. The molecule has 0 spiro atoms. The van der Waals surface area contributed by atoms with E-state index in [1.165, 1.54) is 18.5 Å². The van der Waals surface area contributed by atoms with Gasteiger partial charge in [-0.3, -0.25) is 19.9 Å². The van der Waals surface area contributed by atoms with Crippen LogP contribution in [0.1, 0.15) is 25.8 Å². The molecule has 0 aliphatic heterocycles. The highest BCUT2D eigenvalue weighted by Gasteiger charge is 2.16. The van der Waals surface area contributed by atoms with Gasteiger partial charge in [0.15, 0.2) is 0 Å². The molecule has 0 fully saturated rings. The van der Waals surface area contributed by atoms with Gasteiger partial charge < -0.3 is 0 Å². The zero-order valence-electron chi connectivity index (χ0n) is 9.34. The van der Waals surface area contributed by atoms with E-state index < -0.39 is 4.92 Å². The highest BCUT2D eigenvalue weighted by Crippen LogP contribution is 2.18. The van der Waals surface area contributed by atoms with E-state index in [2.05, 4.69) is 4.98 Å². The summed E-state index contributed by atoms with van der Waals surface area (Å²) in [5.74, 6) is 0.290. The molecule has 0 saturated carbocycles. The number of hydrogen-bond donors (Lipinski definition) is 0. The number of carbonyl (C=O) groups is 1. The Morgan fingerprint density at radius 3 is 2.81 bits per heavy atom. The van der Waals surface area contributed by atoms with Gasteiger partial charge in [-0.1, -0.05) is 13.8 Å².